The molecule has 0 bridgehead atoms. The van der Waals surface area contributed by atoms with Crippen LogP contribution in [0.4, 0.5) is 11.8 Å². The number of carbonyl (C=O) groups excluding carboxylic acids is 1. The molecule has 1 aromatic heterocycles. The number of likely N-dealkylation sites (tertiary alicyclic amines) is 1. The molecule has 1 amide bonds. The lowest BCUT2D eigenvalue weighted by molar-refractivity contribution is -0.127. The second-order valence-corrected chi connectivity index (χ2v) is 4.56. The van der Waals surface area contributed by atoms with Crippen LogP contribution in [-0.2, 0) is 4.79 Å². The standard InChI is InChI=1S/C13H21N5O/c1-2-14-11-6-8-16-13(17-11)15-7-4-10-18-9-3-5-12(18)19/h6,8H,2-5,7,9-10H2,1H3,(H2,14,15,16,17). The van der Waals surface area contributed by atoms with Crippen LogP contribution in [0.5, 0.6) is 0 Å². The van der Waals surface area contributed by atoms with Crippen molar-refractivity contribution in [1.82, 2.24) is 14.9 Å². The third kappa shape index (κ3) is 4.08. The molecule has 2 heterocycles. The quantitative estimate of drug-likeness (QED) is 0.726. The number of carbonyl (C=O) groups is 1. The van der Waals surface area contributed by atoms with Crippen LogP contribution in [0.1, 0.15) is 26.2 Å². The van der Waals surface area contributed by atoms with Gasteiger partial charge in [0.15, 0.2) is 0 Å². The average Bonchev–Trinajstić information content (AvgIpc) is 2.81. The monoisotopic (exact) mass is 263 g/mol. The topological polar surface area (TPSA) is 70.2 Å². The maximum Gasteiger partial charge on any atom is 0.224 e. The van der Waals surface area contributed by atoms with Crippen molar-refractivity contribution in [2.24, 2.45) is 0 Å². The summed E-state index contributed by atoms with van der Waals surface area (Å²) >= 11 is 0. The third-order valence-corrected chi connectivity index (χ3v) is 3.07. The zero-order chi connectivity index (χ0) is 13.5. The summed E-state index contributed by atoms with van der Waals surface area (Å²) in [5, 5.41) is 6.33. The first-order valence-electron chi connectivity index (χ1n) is 6.88. The number of anilines is 2. The number of nitrogens with one attached hydrogen (secondary N) is 2. The van der Waals surface area contributed by atoms with Crippen LogP contribution in [0.2, 0.25) is 0 Å². The van der Waals surface area contributed by atoms with Gasteiger partial charge in [-0.1, -0.05) is 0 Å². The number of hydrogen-bond acceptors (Lipinski definition) is 5. The summed E-state index contributed by atoms with van der Waals surface area (Å²) in [6, 6.07) is 1.84. The highest BCUT2D eigenvalue weighted by Gasteiger charge is 2.18. The van der Waals surface area contributed by atoms with E-state index in [9.17, 15) is 4.79 Å². The van der Waals surface area contributed by atoms with E-state index in [4.69, 9.17) is 0 Å². The van der Waals surface area contributed by atoms with Crippen LogP contribution >= 0.6 is 0 Å². The van der Waals surface area contributed by atoms with E-state index in [1.807, 2.05) is 17.9 Å². The van der Waals surface area contributed by atoms with Gasteiger partial charge in [0.2, 0.25) is 11.9 Å². The molecule has 6 nitrogen and oxygen atoms in total. The molecule has 1 fully saturated rings. The van der Waals surface area contributed by atoms with Crippen molar-refractivity contribution in [3.63, 3.8) is 0 Å². The summed E-state index contributed by atoms with van der Waals surface area (Å²) in [6.07, 6.45) is 4.36. The van der Waals surface area contributed by atoms with Crippen LogP contribution in [0, 0.1) is 0 Å². The van der Waals surface area contributed by atoms with E-state index in [1.54, 1.807) is 6.20 Å². The Kier molecular flexibility index (Phi) is 4.94. The van der Waals surface area contributed by atoms with Gasteiger partial charge in [-0.2, -0.15) is 4.98 Å². The van der Waals surface area contributed by atoms with Crippen LogP contribution in [0.25, 0.3) is 0 Å². The molecule has 0 saturated carbocycles. The van der Waals surface area contributed by atoms with E-state index >= 15 is 0 Å². The molecule has 0 aromatic carbocycles. The fraction of sp³-hybridized carbons (Fsp3) is 0.615. The molecule has 6 heteroatoms. The van der Waals surface area contributed by atoms with Crippen molar-refractivity contribution in [3.8, 4) is 0 Å². The Balaban J connectivity index is 1.70. The van der Waals surface area contributed by atoms with Gasteiger partial charge in [0, 0.05) is 38.8 Å². The minimum Gasteiger partial charge on any atom is -0.370 e. The van der Waals surface area contributed by atoms with Gasteiger partial charge in [-0.15, -0.1) is 0 Å². The maximum absolute atomic E-state index is 11.4. The Bertz CT molecular complexity index is 423. The lowest BCUT2D eigenvalue weighted by Gasteiger charge is -2.15. The van der Waals surface area contributed by atoms with Crippen LogP contribution in [0.3, 0.4) is 0 Å². The molecule has 0 aliphatic carbocycles. The Morgan fingerprint density at radius 3 is 3.05 bits per heavy atom. The largest absolute Gasteiger partial charge is 0.370 e. The van der Waals surface area contributed by atoms with Crippen LogP contribution < -0.4 is 10.6 Å². The lowest BCUT2D eigenvalue weighted by Crippen LogP contribution is -2.27. The molecular weight excluding hydrogens is 242 g/mol. The molecule has 0 spiro atoms. The Labute approximate surface area is 113 Å². The zero-order valence-corrected chi connectivity index (χ0v) is 11.4. The molecule has 2 N–H and O–H groups in total. The normalized spacial score (nSPS) is 14.8. The number of hydrogen-bond donors (Lipinski definition) is 2. The van der Waals surface area contributed by atoms with E-state index in [0.29, 0.717) is 12.4 Å². The predicted octanol–water partition coefficient (Wildman–Crippen LogP) is 1.33. The van der Waals surface area contributed by atoms with E-state index in [2.05, 4.69) is 20.6 Å². The van der Waals surface area contributed by atoms with Gasteiger partial charge < -0.3 is 15.5 Å². The highest BCUT2D eigenvalue weighted by atomic mass is 16.2. The molecule has 0 radical (unpaired) electrons. The van der Waals surface area contributed by atoms with Gasteiger partial charge >= 0.3 is 0 Å². The molecule has 19 heavy (non-hydrogen) atoms. The van der Waals surface area contributed by atoms with E-state index < -0.39 is 0 Å². The van der Waals surface area contributed by atoms with Crippen molar-refractivity contribution in [3.05, 3.63) is 12.3 Å². The van der Waals surface area contributed by atoms with Crippen molar-refractivity contribution in [2.45, 2.75) is 26.2 Å². The summed E-state index contributed by atoms with van der Waals surface area (Å²) in [7, 11) is 0. The van der Waals surface area contributed by atoms with E-state index in [1.165, 1.54) is 0 Å². The minimum atomic E-state index is 0.283. The first-order chi connectivity index (χ1) is 9.29. The van der Waals surface area contributed by atoms with E-state index in [-0.39, 0.29) is 5.91 Å². The Morgan fingerprint density at radius 1 is 1.42 bits per heavy atom. The van der Waals surface area contributed by atoms with Gasteiger partial charge in [-0.25, -0.2) is 4.98 Å². The number of amides is 1. The first-order valence-corrected chi connectivity index (χ1v) is 6.88. The summed E-state index contributed by atoms with van der Waals surface area (Å²) in [6.45, 7) is 5.37. The zero-order valence-electron chi connectivity index (χ0n) is 11.4. The summed E-state index contributed by atoms with van der Waals surface area (Å²) in [5.41, 5.74) is 0. The van der Waals surface area contributed by atoms with Gasteiger partial charge in [0.25, 0.3) is 0 Å². The molecule has 2 rings (SSSR count). The highest BCUT2D eigenvalue weighted by molar-refractivity contribution is 5.77. The summed E-state index contributed by atoms with van der Waals surface area (Å²) in [5.74, 6) is 1.74. The minimum absolute atomic E-state index is 0.283. The molecule has 0 unspecified atom stereocenters. The second-order valence-electron chi connectivity index (χ2n) is 4.56. The van der Waals surface area contributed by atoms with Crippen LogP contribution in [0.15, 0.2) is 12.3 Å². The van der Waals surface area contributed by atoms with Crippen LogP contribution in [-0.4, -0.2) is 47.0 Å². The van der Waals surface area contributed by atoms with Crippen molar-refractivity contribution in [2.75, 3.05) is 36.8 Å². The molecular formula is C13H21N5O. The molecule has 1 aliphatic heterocycles. The van der Waals surface area contributed by atoms with Crippen molar-refractivity contribution < 1.29 is 4.79 Å². The van der Waals surface area contributed by atoms with Gasteiger partial charge in [0.1, 0.15) is 5.82 Å². The highest BCUT2D eigenvalue weighted by Crippen LogP contribution is 2.10. The van der Waals surface area contributed by atoms with Gasteiger partial charge in [0.05, 0.1) is 0 Å². The fourth-order valence-electron chi connectivity index (χ4n) is 2.13. The average molecular weight is 263 g/mol. The Morgan fingerprint density at radius 2 is 2.32 bits per heavy atom. The molecule has 104 valence electrons. The Hall–Kier alpha value is -1.85. The maximum atomic E-state index is 11.4. The summed E-state index contributed by atoms with van der Waals surface area (Å²) in [4.78, 5) is 21.9. The van der Waals surface area contributed by atoms with Crippen molar-refractivity contribution >= 4 is 17.7 Å². The van der Waals surface area contributed by atoms with Gasteiger partial charge in [-0.3, -0.25) is 4.79 Å². The third-order valence-electron chi connectivity index (χ3n) is 3.07. The molecule has 0 atom stereocenters. The molecule has 1 aliphatic rings. The summed E-state index contributed by atoms with van der Waals surface area (Å²) < 4.78 is 0. The first kappa shape index (κ1) is 13.6. The smallest absolute Gasteiger partial charge is 0.224 e. The molecule has 1 saturated heterocycles. The van der Waals surface area contributed by atoms with Gasteiger partial charge in [-0.05, 0) is 25.8 Å². The van der Waals surface area contributed by atoms with Crippen molar-refractivity contribution in [1.29, 1.82) is 0 Å². The second kappa shape index (κ2) is 6.92. The fourth-order valence-corrected chi connectivity index (χ4v) is 2.13. The number of aromatic nitrogens is 2. The SMILES string of the molecule is CCNc1ccnc(NCCCN2CCCC2=O)n1. The number of nitrogens with zero attached hydrogens (tertiary/aromatic N) is 3. The predicted molar refractivity (Wildman–Crippen MR) is 75.1 cm³/mol. The number of rotatable bonds is 7. The molecule has 1 aromatic rings. The lowest BCUT2D eigenvalue weighted by atomic mass is 10.4. The van der Waals surface area contributed by atoms with E-state index in [0.717, 1.165) is 44.8 Å².